The summed E-state index contributed by atoms with van der Waals surface area (Å²) in [6.45, 7) is 6.27. The summed E-state index contributed by atoms with van der Waals surface area (Å²) in [5.41, 5.74) is 0.773. The van der Waals surface area contributed by atoms with E-state index in [0.29, 0.717) is 0 Å². The SMILES string of the molecule is CCCSC(C)(C)c1cc(Br)ccc1F. The molecule has 0 radical (unpaired) electrons. The minimum Gasteiger partial charge on any atom is -0.207 e. The molecule has 0 aliphatic carbocycles. The Morgan fingerprint density at radius 1 is 1.40 bits per heavy atom. The molecule has 0 spiro atoms. The van der Waals surface area contributed by atoms with Crippen LogP contribution < -0.4 is 0 Å². The van der Waals surface area contributed by atoms with E-state index in [1.807, 2.05) is 6.07 Å². The van der Waals surface area contributed by atoms with Crippen molar-refractivity contribution in [2.24, 2.45) is 0 Å². The highest BCUT2D eigenvalue weighted by atomic mass is 79.9. The molecule has 0 atom stereocenters. The lowest BCUT2D eigenvalue weighted by atomic mass is 10.0. The zero-order valence-electron chi connectivity index (χ0n) is 9.31. The van der Waals surface area contributed by atoms with Gasteiger partial charge >= 0.3 is 0 Å². The molecule has 0 aromatic heterocycles. The summed E-state index contributed by atoms with van der Waals surface area (Å²) >= 11 is 5.17. The minimum atomic E-state index is -0.163. The van der Waals surface area contributed by atoms with Crippen LogP contribution in [0.3, 0.4) is 0 Å². The number of thioether (sulfide) groups is 1. The van der Waals surface area contributed by atoms with E-state index < -0.39 is 0 Å². The lowest BCUT2D eigenvalue weighted by Crippen LogP contribution is -2.15. The molecular formula is C12H16BrFS. The van der Waals surface area contributed by atoms with Gasteiger partial charge in [0.05, 0.1) is 0 Å². The van der Waals surface area contributed by atoms with Crippen molar-refractivity contribution in [3.05, 3.63) is 34.1 Å². The molecule has 0 aliphatic rings. The number of rotatable bonds is 4. The second kappa shape index (κ2) is 5.35. The minimum absolute atomic E-state index is 0.119. The summed E-state index contributed by atoms with van der Waals surface area (Å²) in [5.74, 6) is 0.936. The molecule has 0 fully saturated rings. The van der Waals surface area contributed by atoms with Crippen LogP contribution in [0.4, 0.5) is 4.39 Å². The summed E-state index contributed by atoms with van der Waals surface area (Å²) in [4.78, 5) is 0. The van der Waals surface area contributed by atoms with E-state index in [9.17, 15) is 4.39 Å². The van der Waals surface area contributed by atoms with Gasteiger partial charge in [0, 0.05) is 14.8 Å². The van der Waals surface area contributed by atoms with Crippen LogP contribution in [0.15, 0.2) is 22.7 Å². The van der Waals surface area contributed by atoms with Gasteiger partial charge in [0.1, 0.15) is 5.82 Å². The predicted molar refractivity (Wildman–Crippen MR) is 69.9 cm³/mol. The fourth-order valence-electron chi connectivity index (χ4n) is 1.39. The highest BCUT2D eigenvalue weighted by Crippen LogP contribution is 2.38. The van der Waals surface area contributed by atoms with Crippen molar-refractivity contribution in [1.82, 2.24) is 0 Å². The van der Waals surface area contributed by atoms with Gasteiger partial charge in [-0.05, 0) is 44.2 Å². The first kappa shape index (κ1) is 13.0. The van der Waals surface area contributed by atoms with E-state index >= 15 is 0 Å². The van der Waals surface area contributed by atoms with Crippen molar-refractivity contribution in [1.29, 1.82) is 0 Å². The standard InChI is InChI=1S/C12H16BrFS/c1-4-7-15-12(2,3)10-8-9(13)5-6-11(10)14/h5-6,8H,4,7H2,1-3H3. The van der Waals surface area contributed by atoms with Gasteiger partial charge in [-0.25, -0.2) is 4.39 Å². The quantitative estimate of drug-likeness (QED) is 0.755. The third kappa shape index (κ3) is 3.49. The first-order chi connectivity index (χ1) is 6.97. The summed E-state index contributed by atoms with van der Waals surface area (Å²) in [5, 5.41) is 0. The molecule has 1 aromatic carbocycles. The van der Waals surface area contributed by atoms with Gasteiger partial charge < -0.3 is 0 Å². The van der Waals surface area contributed by atoms with Crippen LogP contribution in [0.2, 0.25) is 0 Å². The first-order valence-electron chi connectivity index (χ1n) is 5.07. The van der Waals surface area contributed by atoms with E-state index in [4.69, 9.17) is 0 Å². The maximum Gasteiger partial charge on any atom is 0.127 e. The molecule has 0 N–H and O–H groups in total. The molecule has 0 bridgehead atoms. The number of benzene rings is 1. The van der Waals surface area contributed by atoms with Gasteiger partial charge in [-0.3, -0.25) is 0 Å². The Hall–Kier alpha value is -0.0200. The van der Waals surface area contributed by atoms with E-state index in [0.717, 1.165) is 22.2 Å². The van der Waals surface area contributed by atoms with Crippen LogP contribution in [-0.2, 0) is 4.75 Å². The summed E-state index contributed by atoms with van der Waals surface area (Å²) < 4.78 is 14.4. The Balaban J connectivity index is 2.97. The fraction of sp³-hybridized carbons (Fsp3) is 0.500. The monoisotopic (exact) mass is 290 g/mol. The smallest absolute Gasteiger partial charge is 0.127 e. The average molecular weight is 291 g/mol. The molecule has 0 heterocycles. The maximum atomic E-state index is 13.7. The van der Waals surface area contributed by atoms with Crippen molar-refractivity contribution in [3.8, 4) is 0 Å². The van der Waals surface area contributed by atoms with Crippen molar-refractivity contribution in [3.63, 3.8) is 0 Å². The van der Waals surface area contributed by atoms with Gasteiger partial charge in [0.15, 0.2) is 0 Å². The molecule has 1 rings (SSSR count). The number of hydrogen-bond donors (Lipinski definition) is 0. The normalized spacial score (nSPS) is 11.8. The van der Waals surface area contributed by atoms with Gasteiger partial charge in [-0.15, -0.1) is 0 Å². The molecular weight excluding hydrogens is 275 g/mol. The zero-order chi connectivity index (χ0) is 11.5. The largest absolute Gasteiger partial charge is 0.207 e. The van der Waals surface area contributed by atoms with Crippen LogP contribution in [0.25, 0.3) is 0 Å². The van der Waals surface area contributed by atoms with E-state index in [2.05, 4.69) is 36.7 Å². The molecule has 15 heavy (non-hydrogen) atoms. The summed E-state index contributed by atoms with van der Waals surface area (Å²) in [6, 6.07) is 5.13. The van der Waals surface area contributed by atoms with Gasteiger partial charge in [0.25, 0.3) is 0 Å². The van der Waals surface area contributed by atoms with E-state index in [1.165, 1.54) is 6.07 Å². The third-order valence-electron chi connectivity index (χ3n) is 2.24. The van der Waals surface area contributed by atoms with Gasteiger partial charge in [-0.1, -0.05) is 22.9 Å². The van der Waals surface area contributed by atoms with E-state index in [1.54, 1.807) is 17.8 Å². The van der Waals surface area contributed by atoms with Crippen molar-refractivity contribution in [2.75, 3.05) is 5.75 Å². The molecule has 0 nitrogen and oxygen atoms in total. The molecule has 84 valence electrons. The van der Waals surface area contributed by atoms with Crippen molar-refractivity contribution < 1.29 is 4.39 Å². The van der Waals surface area contributed by atoms with Crippen LogP contribution in [0.5, 0.6) is 0 Å². The van der Waals surface area contributed by atoms with Crippen LogP contribution in [0.1, 0.15) is 32.8 Å². The molecule has 1 aromatic rings. The van der Waals surface area contributed by atoms with Crippen molar-refractivity contribution >= 4 is 27.7 Å². The van der Waals surface area contributed by atoms with Crippen LogP contribution in [-0.4, -0.2) is 5.75 Å². The Labute approximate surface area is 104 Å². The molecule has 0 unspecified atom stereocenters. The lowest BCUT2D eigenvalue weighted by molar-refractivity contribution is 0.586. The summed E-state index contributed by atoms with van der Waals surface area (Å²) in [6.07, 6.45) is 1.11. The van der Waals surface area contributed by atoms with Crippen LogP contribution >= 0.6 is 27.7 Å². The molecule has 0 saturated heterocycles. The topological polar surface area (TPSA) is 0 Å². The van der Waals surface area contributed by atoms with E-state index in [-0.39, 0.29) is 10.6 Å². The van der Waals surface area contributed by atoms with Gasteiger partial charge in [-0.2, -0.15) is 11.8 Å². The Bertz CT molecular complexity index is 336. The second-order valence-corrected chi connectivity index (χ2v) is 6.62. The lowest BCUT2D eigenvalue weighted by Gasteiger charge is -2.25. The Kier molecular flexibility index (Phi) is 4.65. The first-order valence-corrected chi connectivity index (χ1v) is 6.84. The van der Waals surface area contributed by atoms with Crippen molar-refractivity contribution in [2.45, 2.75) is 31.9 Å². The molecule has 3 heteroatoms. The zero-order valence-corrected chi connectivity index (χ0v) is 11.7. The highest BCUT2D eigenvalue weighted by Gasteiger charge is 2.24. The Morgan fingerprint density at radius 2 is 2.07 bits per heavy atom. The molecule has 0 aliphatic heterocycles. The summed E-state index contributed by atoms with van der Waals surface area (Å²) in [7, 11) is 0. The predicted octanol–water partition coefficient (Wildman–Crippen LogP) is 4.97. The number of halogens is 2. The average Bonchev–Trinajstić information content (AvgIpc) is 2.18. The fourth-order valence-corrected chi connectivity index (χ4v) is 2.78. The Morgan fingerprint density at radius 3 is 2.67 bits per heavy atom. The highest BCUT2D eigenvalue weighted by molar-refractivity contribution is 9.10. The third-order valence-corrected chi connectivity index (χ3v) is 4.29. The van der Waals surface area contributed by atoms with Crippen LogP contribution in [0, 0.1) is 5.82 Å². The second-order valence-electron chi connectivity index (χ2n) is 3.98. The maximum absolute atomic E-state index is 13.7. The number of hydrogen-bond acceptors (Lipinski definition) is 1. The molecule has 0 amide bonds. The van der Waals surface area contributed by atoms with Gasteiger partial charge in [0.2, 0.25) is 0 Å². The molecule has 0 saturated carbocycles.